The lowest BCUT2D eigenvalue weighted by atomic mass is 10.1. The van der Waals surface area contributed by atoms with Gasteiger partial charge in [-0.3, -0.25) is 14.9 Å². The van der Waals surface area contributed by atoms with Crippen molar-refractivity contribution in [3.63, 3.8) is 0 Å². The fourth-order valence-electron chi connectivity index (χ4n) is 3.21. The minimum atomic E-state index is -0.545. The van der Waals surface area contributed by atoms with Gasteiger partial charge in [-0.05, 0) is 61.6 Å². The fraction of sp³-hybridized carbons (Fsp3) is 0.120. The molecule has 168 valence electrons. The lowest BCUT2D eigenvalue weighted by molar-refractivity contribution is 0.0600. The molecular formula is C25H23N3O4S. The van der Waals surface area contributed by atoms with Crippen LogP contribution in [0.25, 0.3) is 0 Å². The van der Waals surface area contributed by atoms with Crippen molar-refractivity contribution in [2.24, 2.45) is 0 Å². The van der Waals surface area contributed by atoms with Crippen LogP contribution in [0, 0.1) is 0 Å². The van der Waals surface area contributed by atoms with E-state index in [0.717, 1.165) is 5.69 Å². The van der Waals surface area contributed by atoms with Crippen molar-refractivity contribution in [1.29, 1.82) is 0 Å². The number of methoxy groups -OCH3 is 1. The maximum Gasteiger partial charge on any atom is 0.337 e. The Bertz CT molecular complexity index is 1180. The lowest BCUT2D eigenvalue weighted by Crippen LogP contribution is -2.36. The van der Waals surface area contributed by atoms with E-state index in [1.165, 1.54) is 13.2 Å². The molecule has 0 radical (unpaired) electrons. The standard InChI is InChI=1S/C25H23N3O4S/c1-3-28(19-12-5-4-6-13-19)23(30)20-14-7-8-15-21(20)26-25(33)27-22(29)17-10-9-11-18(16-17)24(31)32-2/h4-16H,3H2,1-2H3,(H2,26,27,29,33). The molecule has 0 aromatic heterocycles. The molecular weight excluding hydrogens is 438 g/mol. The maximum absolute atomic E-state index is 13.3. The predicted molar refractivity (Wildman–Crippen MR) is 132 cm³/mol. The molecule has 3 rings (SSSR count). The van der Waals surface area contributed by atoms with Crippen molar-refractivity contribution < 1.29 is 19.1 Å². The molecule has 0 heterocycles. The van der Waals surface area contributed by atoms with Gasteiger partial charge in [-0.2, -0.15) is 0 Å². The molecule has 7 nitrogen and oxygen atoms in total. The van der Waals surface area contributed by atoms with E-state index >= 15 is 0 Å². The number of rotatable bonds is 6. The Morgan fingerprint density at radius 3 is 2.27 bits per heavy atom. The Hall–Kier alpha value is -4.04. The van der Waals surface area contributed by atoms with Gasteiger partial charge in [0.2, 0.25) is 0 Å². The van der Waals surface area contributed by atoms with Crippen LogP contribution in [0.2, 0.25) is 0 Å². The number of carbonyl (C=O) groups excluding carboxylic acids is 3. The summed E-state index contributed by atoms with van der Waals surface area (Å²) in [6, 6.07) is 22.4. The van der Waals surface area contributed by atoms with Crippen LogP contribution in [-0.4, -0.2) is 36.6 Å². The Morgan fingerprint density at radius 1 is 0.909 bits per heavy atom. The number of thiocarbonyl (C=S) groups is 1. The van der Waals surface area contributed by atoms with Gasteiger partial charge in [0.05, 0.1) is 23.9 Å². The summed E-state index contributed by atoms with van der Waals surface area (Å²) >= 11 is 5.29. The summed E-state index contributed by atoms with van der Waals surface area (Å²) in [6.45, 7) is 2.38. The number of para-hydroxylation sites is 2. The van der Waals surface area contributed by atoms with Crippen LogP contribution in [0.3, 0.4) is 0 Å². The highest BCUT2D eigenvalue weighted by Crippen LogP contribution is 2.22. The van der Waals surface area contributed by atoms with Crippen LogP contribution in [0.1, 0.15) is 38.0 Å². The molecule has 8 heteroatoms. The van der Waals surface area contributed by atoms with Gasteiger partial charge in [0.15, 0.2) is 5.11 Å². The summed E-state index contributed by atoms with van der Waals surface area (Å²) in [7, 11) is 1.27. The smallest absolute Gasteiger partial charge is 0.337 e. The number of benzene rings is 3. The first-order chi connectivity index (χ1) is 15.9. The molecule has 33 heavy (non-hydrogen) atoms. The second-order valence-electron chi connectivity index (χ2n) is 6.91. The van der Waals surface area contributed by atoms with Gasteiger partial charge in [0, 0.05) is 17.8 Å². The molecule has 0 aliphatic heterocycles. The van der Waals surface area contributed by atoms with Crippen molar-refractivity contribution in [2.75, 3.05) is 23.9 Å². The third-order valence-corrected chi connectivity index (χ3v) is 5.01. The average Bonchev–Trinajstić information content (AvgIpc) is 2.85. The number of nitrogens with zero attached hydrogens (tertiary/aromatic N) is 1. The summed E-state index contributed by atoms with van der Waals surface area (Å²) in [5.74, 6) is -1.25. The molecule has 3 aromatic rings. The molecule has 2 amide bonds. The number of amides is 2. The molecule has 0 unspecified atom stereocenters. The fourth-order valence-corrected chi connectivity index (χ4v) is 3.41. The first kappa shape index (κ1) is 23.6. The van der Waals surface area contributed by atoms with Gasteiger partial charge in [-0.25, -0.2) is 4.79 Å². The first-order valence-corrected chi connectivity index (χ1v) is 10.6. The van der Waals surface area contributed by atoms with Crippen molar-refractivity contribution in [3.8, 4) is 0 Å². The highest BCUT2D eigenvalue weighted by atomic mass is 32.1. The van der Waals surface area contributed by atoms with Gasteiger partial charge >= 0.3 is 5.97 Å². The Kier molecular flexibility index (Phi) is 7.88. The number of hydrogen-bond donors (Lipinski definition) is 2. The van der Waals surface area contributed by atoms with Gasteiger partial charge < -0.3 is 15.0 Å². The molecule has 2 N–H and O–H groups in total. The van der Waals surface area contributed by atoms with Crippen LogP contribution in [-0.2, 0) is 4.74 Å². The quantitative estimate of drug-likeness (QED) is 0.421. The van der Waals surface area contributed by atoms with Crippen LogP contribution >= 0.6 is 12.2 Å². The zero-order chi connectivity index (χ0) is 23.8. The van der Waals surface area contributed by atoms with E-state index in [4.69, 9.17) is 12.2 Å². The van der Waals surface area contributed by atoms with E-state index in [2.05, 4.69) is 15.4 Å². The minimum Gasteiger partial charge on any atom is -0.465 e. The third-order valence-electron chi connectivity index (χ3n) is 4.81. The van der Waals surface area contributed by atoms with Crippen molar-refractivity contribution in [2.45, 2.75) is 6.92 Å². The molecule has 3 aromatic carbocycles. The van der Waals surface area contributed by atoms with Crippen molar-refractivity contribution >= 4 is 46.5 Å². The van der Waals surface area contributed by atoms with Gasteiger partial charge in [0.1, 0.15) is 0 Å². The predicted octanol–water partition coefficient (Wildman–Crippen LogP) is 4.27. The number of carbonyl (C=O) groups is 3. The highest BCUT2D eigenvalue weighted by molar-refractivity contribution is 7.80. The summed E-state index contributed by atoms with van der Waals surface area (Å²) in [4.78, 5) is 39.2. The molecule has 0 fully saturated rings. The molecule has 0 aliphatic carbocycles. The van der Waals surface area contributed by atoms with Crippen molar-refractivity contribution in [1.82, 2.24) is 5.32 Å². The normalized spacial score (nSPS) is 10.1. The molecule has 0 bridgehead atoms. The number of ether oxygens (including phenoxy) is 1. The molecule has 0 saturated carbocycles. The van der Waals surface area contributed by atoms with E-state index in [-0.39, 0.29) is 22.1 Å². The van der Waals surface area contributed by atoms with E-state index in [0.29, 0.717) is 17.8 Å². The average molecular weight is 462 g/mol. The van der Waals surface area contributed by atoms with Gasteiger partial charge in [0.25, 0.3) is 11.8 Å². The molecule has 0 spiro atoms. The highest BCUT2D eigenvalue weighted by Gasteiger charge is 2.20. The second-order valence-corrected chi connectivity index (χ2v) is 7.32. The van der Waals surface area contributed by atoms with E-state index in [9.17, 15) is 14.4 Å². The van der Waals surface area contributed by atoms with Gasteiger partial charge in [-0.1, -0.05) is 36.4 Å². The largest absolute Gasteiger partial charge is 0.465 e. The molecule has 0 aliphatic rings. The zero-order valence-corrected chi connectivity index (χ0v) is 19.0. The molecule has 0 saturated heterocycles. The lowest BCUT2D eigenvalue weighted by Gasteiger charge is -2.23. The molecule has 0 atom stereocenters. The number of hydrogen-bond acceptors (Lipinski definition) is 5. The third kappa shape index (κ3) is 5.81. The Labute approximate surface area is 197 Å². The second kappa shape index (κ2) is 11.0. The SMILES string of the molecule is CCN(C(=O)c1ccccc1NC(=S)NC(=O)c1cccc(C(=O)OC)c1)c1ccccc1. The maximum atomic E-state index is 13.3. The first-order valence-electron chi connectivity index (χ1n) is 10.2. The minimum absolute atomic E-state index is 0.0199. The summed E-state index contributed by atoms with van der Waals surface area (Å²) in [5.41, 5.74) is 2.15. The van der Waals surface area contributed by atoms with Gasteiger partial charge in [-0.15, -0.1) is 0 Å². The number of anilines is 2. The van der Waals surface area contributed by atoms with E-state index < -0.39 is 11.9 Å². The monoisotopic (exact) mass is 461 g/mol. The summed E-state index contributed by atoms with van der Waals surface area (Å²) in [5, 5.41) is 5.53. The van der Waals surface area contributed by atoms with Crippen LogP contribution in [0.4, 0.5) is 11.4 Å². The zero-order valence-electron chi connectivity index (χ0n) is 18.2. The van der Waals surface area contributed by atoms with Crippen LogP contribution in [0.15, 0.2) is 78.9 Å². The Morgan fingerprint density at radius 2 is 1.58 bits per heavy atom. The van der Waals surface area contributed by atoms with Crippen LogP contribution in [0.5, 0.6) is 0 Å². The topological polar surface area (TPSA) is 87.7 Å². The number of nitrogens with one attached hydrogen (secondary N) is 2. The van der Waals surface area contributed by atoms with E-state index in [1.807, 2.05) is 37.3 Å². The summed E-state index contributed by atoms with van der Waals surface area (Å²) < 4.78 is 4.68. The van der Waals surface area contributed by atoms with Crippen LogP contribution < -0.4 is 15.5 Å². The van der Waals surface area contributed by atoms with E-state index in [1.54, 1.807) is 47.4 Å². The van der Waals surface area contributed by atoms with Crippen molar-refractivity contribution in [3.05, 3.63) is 95.6 Å². The number of esters is 1. The Balaban J connectivity index is 1.75. The summed E-state index contributed by atoms with van der Waals surface area (Å²) in [6.07, 6.45) is 0.